The second-order valence-electron chi connectivity index (χ2n) is 5.68. The zero-order valence-corrected chi connectivity index (χ0v) is 13.7. The highest BCUT2D eigenvalue weighted by Gasteiger charge is 2.07. The number of rotatable bonds is 9. The molecule has 2 nitrogen and oxygen atoms in total. The first kappa shape index (κ1) is 16.6. The highest BCUT2D eigenvalue weighted by molar-refractivity contribution is 5.33. The minimum atomic E-state index is 0.328. The van der Waals surface area contributed by atoms with Crippen LogP contribution in [0.2, 0.25) is 0 Å². The molecule has 0 aliphatic rings. The lowest BCUT2D eigenvalue weighted by atomic mass is 10.1. The van der Waals surface area contributed by atoms with E-state index in [0.29, 0.717) is 6.04 Å². The van der Waals surface area contributed by atoms with Crippen LogP contribution in [0.15, 0.2) is 54.6 Å². The highest BCUT2D eigenvalue weighted by atomic mass is 16.5. The summed E-state index contributed by atoms with van der Waals surface area (Å²) >= 11 is 0. The van der Waals surface area contributed by atoms with Gasteiger partial charge in [0.25, 0.3) is 0 Å². The smallest absolute Gasteiger partial charge is 0.123 e. The number of nitrogens with one attached hydrogen (secondary N) is 1. The summed E-state index contributed by atoms with van der Waals surface area (Å²) in [7, 11) is 0. The summed E-state index contributed by atoms with van der Waals surface area (Å²) in [5.74, 6) is 1.01. The lowest BCUT2D eigenvalue weighted by Crippen LogP contribution is -2.18. The van der Waals surface area contributed by atoms with E-state index in [2.05, 4.69) is 67.7 Å². The summed E-state index contributed by atoms with van der Waals surface area (Å²) < 4.78 is 5.94. The first-order valence-corrected chi connectivity index (χ1v) is 8.30. The van der Waals surface area contributed by atoms with Gasteiger partial charge < -0.3 is 10.1 Å². The molecule has 1 N–H and O–H groups in total. The van der Waals surface area contributed by atoms with Crippen LogP contribution in [0.25, 0.3) is 0 Å². The average Bonchev–Trinajstić information content (AvgIpc) is 2.58. The van der Waals surface area contributed by atoms with Crippen molar-refractivity contribution >= 4 is 0 Å². The van der Waals surface area contributed by atoms with Gasteiger partial charge in [-0.25, -0.2) is 0 Å². The maximum atomic E-state index is 5.94. The van der Waals surface area contributed by atoms with Gasteiger partial charge in [-0.3, -0.25) is 0 Å². The summed E-state index contributed by atoms with van der Waals surface area (Å²) in [5, 5.41) is 3.58. The Labute approximate surface area is 134 Å². The van der Waals surface area contributed by atoms with Crippen LogP contribution in [0.4, 0.5) is 0 Å². The standard InChI is InChI=1S/C20H27NO/c1-3-4-10-15-22-20-14-9-8-13-19(20)16-21-17(2)18-11-6-5-7-12-18/h5-9,11-14,17,21H,3-4,10,15-16H2,1-2H3/t17-/m0/s1. The van der Waals surface area contributed by atoms with Crippen molar-refractivity contribution in [3.05, 3.63) is 65.7 Å². The molecule has 0 radical (unpaired) electrons. The summed E-state index contributed by atoms with van der Waals surface area (Å²) in [6.45, 7) is 6.03. The molecule has 2 aromatic rings. The monoisotopic (exact) mass is 297 g/mol. The van der Waals surface area contributed by atoms with Crippen LogP contribution in [0.5, 0.6) is 5.75 Å². The Morgan fingerprint density at radius 1 is 0.955 bits per heavy atom. The van der Waals surface area contributed by atoms with E-state index in [1.54, 1.807) is 0 Å². The minimum absolute atomic E-state index is 0.328. The number of para-hydroxylation sites is 1. The van der Waals surface area contributed by atoms with Gasteiger partial charge in [0.15, 0.2) is 0 Å². The minimum Gasteiger partial charge on any atom is -0.493 e. The van der Waals surface area contributed by atoms with Gasteiger partial charge >= 0.3 is 0 Å². The molecule has 0 aliphatic carbocycles. The Kier molecular flexibility index (Phi) is 6.98. The number of ether oxygens (including phenoxy) is 1. The molecule has 0 fully saturated rings. The fraction of sp³-hybridized carbons (Fsp3) is 0.400. The van der Waals surface area contributed by atoms with Crippen molar-refractivity contribution in [2.75, 3.05) is 6.61 Å². The number of hydrogen-bond donors (Lipinski definition) is 1. The largest absolute Gasteiger partial charge is 0.493 e. The summed E-state index contributed by atoms with van der Waals surface area (Å²) in [5.41, 5.74) is 2.53. The molecule has 0 amide bonds. The van der Waals surface area contributed by atoms with Gasteiger partial charge in [0, 0.05) is 18.2 Å². The van der Waals surface area contributed by atoms with Crippen molar-refractivity contribution in [3.8, 4) is 5.75 Å². The van der Waals surface area contributed by atoms with Crippen LogP contribution >= 0.6 is 0 Å². The molecule has 2 rings (SSSR count). The molecule has 1 atom stereocenters. The summed E-state index contributed by atoms with van der Waals surface area (Å²) in [4.78, 5) is 0. The van der Waals surface area contributed by atoms with Crippen LogP contribution in [-0.4, -0.2) is 6.61 Å². The topological polar surface area (TPSA) is 21.3 Å². The molecule has 0 aromatic heterocycles. The Bertz CT molecular complexity index is 538. The summed E-state index contributed by atoms with van der Waals surface area (Å²) in [6, 6.07) is 19.2. The second-order valence-corrected chi connectivity index (χ2v) is 5.68. The molecular weight excluding hydrogens is 270 g/mol. The molecule has 0 heterocycles. The SMILES string of the molecule is CCCCCOc1ccccc1CN[C@@H](C)c1ccccc1. The van der Waals surface area contributed by atoms with Gasteiger partial charge in [-0.1, -0.05) is 68.3 Å². The fourth-order valence-electron chi connectivity index (χ4n) is 2.45. The van der Waals surface area contributed by atoms with Crippen molar-refractivity contribution in [2.45, 2.75) is 45.7 Å². The van der Waals surface area contributed by atoms with E-state index in [1.807, 2.05) is 6.07 Å². The maximum absolute atomic E-state index is 5.94. The van der Waals surface area contributed by atoms with Crippen molar-refractivity contribution < 1.29 is 4.74 Å². The van der Waals surface area contributed by atoms with E-state index >= 15 is 0 Å². The Morgan fingerprint density at radius 2 is 1.68 bits per heavy atom. The molecule has 0 spiro atoms. The fourth-order valence-corrected chi connectivity index (χ4v) is 2.45. The average molecular weight is 297 g/mol. The van der Waals surface area contributed by atoms with Crippen LogP contribution < -0.4 is 10.1 Å². The first-order valence-electron chi connectivity index (χ1n) is 8.30. The quantitative estimate of drug-likeness (QED) is 0.650. The zero-order valence-electron chi connectivity index (χ0n) is 13.7. The van der Waals surface area contributed by atoms with Crippen LogP contribution in [-0.2, 0) is 6.54 Å². The van der Waals surface area contributed by atoms with Crippen LogP contribution in [0.3, 0.4) is 0 Å². The molecule has 2 aromatic carbocycles. The Hall–Kier alpha value is -1.80. The van der Waals surface area contributed by atoms with E-state index in [1.165, 1.54) is 24.0 Å². The third-order valence-corrected chi connectivity index (χ3v) is 3.88. The molecular formula is C20H27NO. The van der Waals surface area contributed by atoms with E-state index in [0.717, 1.165) is 25.3 Å². The molecule has 0 saturated carbocycles. The van der Waals surface area contributed by atoms with Gasteiger partial charge in [-0.2, -0.15) is 0 Å². The van der Waals surface area contributed by atoms with Gasteiger partial charge in [-0.05, 0) is 25.0 Å². The molecule has 22 heavy (non-hydrogen) atoms. The molecule has 0 bridgehead atoms. The van der Waals surface area contributed by atoms with Crippen molar-refractivity contribution in [1.29, 1.82) is 0 Å². The number of unbranched alkanes of at least 4 members (excludes halogenated alkanes) is 2. The van der Waals surface area contributed by atoms with Gasteiger partial charge in [0.05, 0.1) is 6.61 Å². The van der Waals surface area contributed by atoms with Crippen LogP contribution in [0, 0.1) is 0 Å². The number of hydrogen-bond acceptors (Lipinski definition) is 2. The summed E-state index contributed by atoms with van der Waals surface area (Å²) in [6.07, 6.45) is 3.57. The van der Waals surface area contributed by atoms with E-state index in [-0.39, 0.29) is 0 Å². The van der Waals surface area contributed by atoms with E-state index < -0.39 is 0 Å². The van der Waals surface area contributed by atoms with Crippen molar-refractivity contribution in [1.82, 2.24) is 5.32 Å². The van der Waals surface area contributed by atoms with Gasteiger partial charge in [-0.15, -0.1) is 0 Å². The lowest BCUT2D eigenvalue weighted by Gasteiger charge is -2.16. The Balaban J connectivity index is 1.89. The van der Waals surface area contributed by atoms with Gasteiger partial charge in [0.1, 0.15) is 5.75 Å². The van der Waals surface area contributed by atoms with Crippen molar-refractivity contribution in [2.24, 2.45) is 0 Å². The van der Waals surface area contributed by atoms with Gasteiger partial charge in [0.2, 0.25) is 0 Å². The predicted molar refractivity (Wildman–Crippen MR) is 93.2 cm³/mol. The predicted octanol–water partition coefficient (Wildman–Crippen LogP) is 5.11. The van der Waals surface area contributed by atoms with Crippen molar-refractivity contribution in [3.63, 3.8) is 0 Å². The molecule has 0 unspecified atom stereocenters. The van der Waals surface area contributed by atoms with E-state index in [4.69, 9.17) is 4.74 Å². The third-order valence-electron chi connectivity index (χ3n) is 3.88. The van der Waals surface area contributed by atoms with Crippen LogP contribution in [0.1, 0.15) is 50.3 Å². The normalized spacial score (nSPS) is 12.1. The zero-order chi connectivity index (χ0) is 15.6. The molecule has 2 heteroatoms. The molecule has 0 aliphatic heterocycles. The maximum Gasteiger partial charge on any atom is 0.123 e. The first-order chi connectivity index (χ1) is 10.8. The Morgan fingerprint density at radius 3 is 2.45 bits per heavy atom. The highest BCUT2D eigenvalue weighted by Crippen LogP contribution is 2.20. The van der Waals surface area contributed by atoms with E-state index in [9.17, 15) is 0 Å². The molecule has 118 valence electrons. The molecule has 0 saturated heterocycles. The lowest BCUT2D eigenvalue weighted by molar-refractivity contribution is 0.302. The second kappa shape index (κ2) is 9.26. The number of benzene rings is 2. The third kappa shape index (κ3) is 5.19.